The second kappa shape index (κ2) is 8.32. The van der Waals surface area contributed by atoms with Gasteiger partial charge in [-0.15, -0.1) is 11.8 Å². The Balaban J connectivity index is 1.74. The average molecular weight is 443 g/mol. The Morgan fingerprint density at radius 1 is 0.969 bits per heavy atom. The van der Waals surface area contributed by atoms with Gasteiger partial charge in [-0.1, -0.05) is 60.7 Å². The normalized spacial score (nSPS) is 15.5. The number of rotatable bonds is 4. The Labute approximate surface area is 188 Å². The molecule has 0 saturated heterocycles. The summed E-state index contributed by atoms with van der Waals surface area (Å²) in [6.45, 7) is 0. The quantitative estimate of drug-likeness (QED) is 0.346. The second-order valence-electron chi connectivity index (χ2n) is 7.31. The van der Waals surface area contributed by atoms with E-state index in [1.165, 1.54) is 23.9 Å². The molecule has 1 N–H and O–H groups in total. The van der Waals surface area contributed by atoms with Crippen molar-refractivity contribution in [1.82, 2.24) is 9.78 Å². The number of nitro groups is 1. The molecule has 1 atom stereocenters. The number of carbonyl (C=O) groups is 1. The number of thioether (sulfide) groups is 1. The molecule has 0 bridgehead atoms. The number of nitro benzene ring substituents is 1. The molecule has 1 unspecified atom stereocenters. The number of hydrogen-bond acceptors (Lipinski definition) is 5. The van der Waals surface area contributed by atoms with Crippen LogP contribution in [0.15, 0.2) is 84.9 Å². The minimum atomic E-state index is -0.413. The van der Waals surface area contributed by atoms with Crippen molar-refractivity contribution < 1.29 is 9.72 Å². The van der Waals surface area contributed by atoms with Crippen molar-refractivity contribution in [3.8, 4) is 16.9 Å². The number of nitrogens with zero attached hydrogens (tertiary/aromatic N) is 3. The predicted molar refractivity (Wildman–Crippen MR) is 125 cm³/mol. The number of carbonyl (C=O) groups excluding carboxylic acids is 1. The van der Waals surface area contributed by atoms with Crippen molar-refractivity contribution in [2.75, 3.05) is 11.1 Å². The Morgan fingerprint density at radius 2 is 1.62 bits per heavy atom. The summed E-state index contributed by atoms with van der Waals surface area (Å²) in [4.78, 5) is 23.3. The van der Waals surface area contributed by atoms with Crippen LogP contribution < -0.4 is 5.32 Å². The first-order valence-electron chi connectivity index (χ1n) is 10.0. The molecule has 4 aromatic rings. The lowest BCUT2D eigenvalue weighted by Crippen LogP contribution is -2.15. The van der Waals surface area contributed by atoms with Crippen molar-refractivity contribution in [2.45, 2.75) is 5.25 Å². The van der Waals surface area contributed by atoms with Crippen LogP contribution in [0.2, 0.25) is 0 Å². The molecular formula is C24H18N4O3S. The van der Waals surface area contributed by atoms with Gasteiger partial charge in [0, 0.05) is 23.3 Å². The minimum absolute atomic E-state index is 0.0325. The number of aromatic nitrogens is 2. The molecule has 32 heavy (non-hydrogen) atoms. The highest BCUT2D eigenvalue weighted by Gasteiger charge is 2.32. The molecule has 1 aliphatic heterocycles. The fraction of sp³-hybridized carbons (Fsp3) is 0.0833. The number of para-hydroxylation sites is 1. The van der Waals surface area contributed by atoms with Gasteiger partial charge >= 0.3 is 0 Å². The first-order valence-corrected chi connectivity index (χ1v) is 11.1. The second-order valence-corrected chi connectivity index (χ2v) is 8.41. The summed E-state index contributed by atoms with van der Waals surface area (Å²) in [6.07, 6.45) is 0. The van der Waals surface area contributed by atoms with Crippen LogP contribution in [0.3, 0.4) is 0 Å². The van der Waals surface area contributed by atoms with E-state index >= 15 is 0 Å². The Kier molecular flexibility index (Phi) is 5.20. The summed E-state index contributed by atoms with van der Waals surface area (Å²) in [5.74, 6) is 0.769. The van der Waals surface area contributed by atoms with E-state index < -0.39 is 4.92 Å². The molecular weight excluding hydrogens is 424 g/mol. The highest BCUT2D eigenvalue weighted by Crippen LogP contribution is 2.46. The van der Waals surface area contributed by atoms with Gasteiger partial charge in [-0.25, -0.2) is 4.68 Å². The number of anilines is 1. The Bertz CT molecular complexity index is 1290. The number of fused-ring (bicyclic) bond motifs is 1. The molecule has 0 saturated carbocycles. The van der Waals surface area contributed by atoms with Crippen LogP contribution in [0.5, 0.6) is 0 Å². The van der Waals surface area contributed by atoms with Crippen LogP contribution in [0.4, 0.5) is 11.5 Å². The number of amides is 1. The van der Waals surface area contributed by atoms with Crippen LogP contribution in [0.1, 0.15) is 16.4 Å². The summed E-state index contributed by atoms with van der Waals surface area (Å²) >= 11 is 1.48. The standard InChI is InChI=1S/C24H18N4O3S/c29-20-15-32-23(17-11-13-19(14-12-17)28(30)31)21-22(16-7-3-1-4-8-16)26-27(24(21)25-20)18-9-5-2-6-10-18/h1-14,23H,15H2,(H,25,29). The van der Waals surface area contributed by atoms with Gasteiger partial charge in [0.15, 0.2) is 0 Å². The molecule has 0 spiro atoms. The lowest BCUT2D eigenvalue weighted by atomic mass is 9.99. The third-order valence-electron chi connectivity index (χ3n) is 5.28. The molecule has 0 fully saturated rings. The lowest BCUT2D eigenvalue weighted by Gasteiger charge is -2.16. The highest BCUT2D eigenvalue weighted by atomic mass is 32.2. The van der Waals surface area contributed by atoms with Gasteiger partial charge in [-0.05, 0) is 17.7 Å². The van der Waals surface area contributed by atoms with Crippen LogP contribution in [0.25, 0.3) is 16.9 Å². The molecule has 158 valence electrons. The van der Waals surface area contributed by atoms with E-state index in [4.69, 9.17) is 5.10 Å². The van der Waals surface area contributed by atoms with Gasteiger partial charge in [0.2, 0.25) is 5.91 Å². The lowest BCUT2D eigenvalue weighted by molar-refractivity contribution is -0.384. The van der Waals surface area contributed by atoms with Gasteiger partial charge in [-0.2, -0.15) is 5.10 Å². The van der Waals surface area contributed by atoms with E-state index in [9.17, 15) is 14.9 Å². The molecule has 0 radical (unpaired) electrons. The largest absolute Gasteiger partial charge is 0.310 e. The number of nitrogens with one attached hydrogen (secondary N) is 1. The van der Waals surface area contributed by atoms with Crippen molar-refractivity contribution in [3.63, 3.8) is 0 Å². The summed E-state index contributed by atoms with van der Waals surface area (Å²) in [5.41, 5.74) is 4.32. The van der Waals surface area contributed by atoms with Gasteiger partial charge in [0.1, 0.15) is 5.82 Å². The Morgan fingerprint density at radius 3 is 2.28 bits per heavy atom. The molecule has 3 aromatic carbocycles. The smallest absolute Gasteiger partial charge is 0.269 e. The van der Waals surface area contributed by atoms with Crippen molar-refractivity contribution in [3.05, 3.63) is 106 Å². The fourth-order valence-corrected chi connectivity index (χ4v) is 4.94. The molecule has 2 heterocycles. The maximum atomic E-state index is 12.6. The third kappa shape index (κ3) is 3.65. The maximum absolute atomic E-state index is 12.6. The molecule has 1 aliphatic rings. The third-order valence-corrected chi connectivity index (χ3v) is 6.55. The zero-order chi connectivity index (χ0) is 22.1. The van der Waals surface area contributed by atoms with Crippen LogP contribution in [-0.2, 0) is 4.79 Å². The molecule has 1 amide bonds. The summed E-state index contributed by atoms with van der Waals surface area (Å²) < 4.78 is 1.76. The number of non-ortho nitro benzene ring substituents is 1. The van der Waals surface area contributed by atoms with Crippen molar-refractivity contribution in [2.24, 2.45) is 0 Å². The SMILES string of the molecule is O=C1CSC(c2ccc([N+](=O)[O-])cc2)c2c(-c3ccccc3)nn(-c3ccccc3)c2N1. The average Bonchev–Trinajstić information content (AvgIpc) is 3.10. The van der Waals surface area contributed by atoms with E-state index in [2.05, 4.69) is 5.32 Å². The highest BCUT2D eigenvalue weighted by molar-refractivity contribution is 8.00. The monoisotopic (exact) mass is 442 g/mol. The molecule has 1 aromatic heterocycles. The van der Waals surface area contributed by atoms with E-state index in [0.717, 1.165) is 28.1 Å². The minimum Gasteiger partial charge on any atom is -0.310 e. The predicted octanol–water partition coefficient (Wildman–Crippen LogP) is 5.22. The van der Waals surface area contributed by atoms with E-state index in [0.29, 0.717) is 5.82 Å². The van der Waals surface area contributed by atoms with Gasteiger partial charge in [0.25, 0.3) is 5.69 Å². The summed E-state index contributed by atoms with van der Waals surface area (Å²) in [6, 6.07) is 26.0. The Hall–Kier alpha value is -3.91. The number of hydrogen-bond donors (Lipinski definition) is 1. The molecule has 8 heteroatoms. The van der Waals surface area contributed by atoms with Crippen LogP contribution >= 0.6 is 11.8 Å². The first kappa shape index (κ1) is 20.0. The van der Waals surface area contributed by atoms with Gasteiger partial charge in [0.05, 0.1) is 27.3 Å². The number of benzene rings is 3. The van der Waals surface area contributed by atoms with E-state index in [1.54, 1.807) is 16.8 Å². The molecule has 5 rings (SSSR count). The topological polar surface area (TPSA) is 90.1 Å². The summed E-state index contributed by atoms with van der Waals surface area (Å²) in [5, 5.41) is 18.8. The first-order chi connectivity index (χ1) is 15.6. The summed E-state index contributed by atoms with van der Waals surface area (Å²) in [7, 11) is 0. The van der Waals surface area contributed by atoms with Crippen molar-refractivity contribution >= 4 is 29.2 Å². The van der Waals surface area contributed by atoms with Crippen LogP contribution in [-0.4, -0.2) is 26.4 Å². The van der Waals surface area contributed by atoms with Gasteiger partial charge < -0.3 is 5.32 Å². The maximum Gasteiger partial charge on any atom is 0.269 e. The van der Waals surface area contributed by atoms with E-state index in [1.807, 2.05) is 60.7 Å². The van der Waals surface area contributed by atoms with Crippen LogP contribution in [0, 0.1) is 10.1 Å². The zero-order valence-corrected chi connectivity index (χ0v) is 17.7. The van der Waals surface area contributed by atoms with Gasteiger partial charge in [-0.3, -0.25) is 14.9 Å². The fourth-order valence-electron chi connectivity index (χ4n) is 3.81. The molecule has 0 aliphatic carbocycles. The zero-order valence-electron chi connectivity index (χ0n) is 16.8. The van der Waals surface area contributed by atoms with Crippen molar-refractivity contribution in [1.29, 1.82) is 0 Å². The van der Waals surface area contributed by atoms with E-state index in [-0.39, 0.29) is 22.6 Å². The molecule has 7 nitrogen and oxygen atoms in total.